The summed E-state index contributed by atoms with van der Waals surface area (Å²) in [7, 11) is 1.53. The van der Waals surface area contributed by atoms with E-state index in [-0.39, 0.29) is 12.3 Å². The Balaban J connectivity index is 2.05. The minimum atomic E-state index is -0.374. The number of benzene rings is 1. The average molecular weight is 327 g/mol. The summed E-state index contributed by atoms with van der Waals surface area (Å²) in [6.07, 6.45) is 1.44. The van der Waals surface area contributed by atoms with Crippen LogP contribution in [-0.2, 0) is 13.7 Å². The normalized spacial score (nSPS) is 10.8. The summed E-state index contributed by atoms with van der Waals surface area (Å²) in [5, 5.41) is 7.60. The number of tetrazole rings is 1. The molecule has 8 heteroatoms. The maximum Gasteiger partial charge on any atom is 0.368 e. The number of nitrogens with two attached hydrogens (primary N) is 1. The Kier molecular flexibility index (Phi) is 3.95. The number of anilines is 1. The van der Waals surface area contributed by atoms with Crippen LogP contribution in [0.1, 0.15) is 18.2 Å². The Bertz CT molecular complexity index is 951. The third-order valence-electron chi connectivity index (χ3n) is 3.44. The number of aromatic nitrogens is 4. The van der Waals surface area contributed by atoms with Crippen LogP contribution in [0.25, 0.3) is 11.3 Å². The fourth-order valence-corrected chi connectivity index (χ4v) is 2.26. The maximum absolute atomic E-state index is 12.2. The Morgan fingerprint density at radius 3 is 2.79 bits per heavy atom. The lowest BCUT2D eigenvalue weighted by atomic mass is 10.1. The van der Waals surface area contributed by atoms with Crippen molar-refractivity contribution >= 4 is 11.3 Å². The van der Waals surface area contributed by atoms with Gasteiger partial charge < -0.3 is 14.9 Å². The van der Waals surface area contributed by atoms with Crippen molar-refractivity contribution in [3.05, 3.63) is 58.9 Å². The number of ether oxygens (including phenoxy) is 1. The van der Waals surface area contributed by atoms with E-state index in [1.165, 1.54) is 18.0 Å². The van der Waals surface area contributed by atoms with Gasteiger partial charge in [0.1, 0.15) is 24.3 Å². The second kappa shape index (κ2) is 6.07. The lowest BCUT2D eigenvalue weighted by Crippen LogP contribution is -2.22. The van der Waals surface area contributed by atoms with E-state index in [9.17, 15) is 4.79 Å². The molecule has 0 fully saturated rings. The molecular weight excluding hydrogens is 310 g/mol. The number of rotatable bonds is 5. The molecule has 0 aliphatic carbocycles. The molecule has 2 N–H and O–H groups in total. The number of hydrogen-bond acceptors (Lipinski definition) is 6. The minimum absolute atomic E-state index is 0.156. The van der Waals surface area contributed by atoms with Gasteiger partial charge in [-0.15, -0.1) is 0 Å². The highest BCUT2D eigenvalue weighted by Gasteiger charge is 2.17. The first kappa shape index (κ1) is 15.6. The van der Waals surface area contributed by atoms with Gasteiger partial charge in [0.15, 0.2) is 5.75 Å². The van der Waals surface area contributed by atoms with Crippen molar-refractivity contribution < 1.29 is 9.15 Å². The quantitative estimate of drug-likeness (QED) is 0.766. The Labute approximate surface area is 137 Å². The molecule has 124 valence electrons. The number of hydrogen-bond donors (Lipinski definition) is 1. The first-order valence-corrected chi connectivity index (χ1v) is 7.21. The Morgan fingerprint density at radius 1 is 1.42 bits per heavy atom. The smallest absolute Gasteiger partial charge is 0.368 e. The summed E-state index contributed by atoms with van der Waals surface area (Å²) in [5.74, 6) is 1.05. The van der Waals surface area contributed by atoms with Crippen LogP contribution in [0.3, 0.4) is 0 Å². The SMILES string of the molecule is C=C(C)c1cccc(-n2nnn(C)c2=O)c1OCc1cc(N)co1. The predicted molar refractivity (Wildman–Crippen MR) is 88.8 cm³/mol. The zero-order valence-electron chi connectivity index (χ0n) is 13.4. The minimum Gasteiger partial charge on any atom is -0.483 e. The number of furan rings is 1. The van der Waals surface area contributed by atoms with Crippen LogP contribution in [-0.4, -0.2) is 19.8 Å². The summed E-state index contributed by atoms with van der Waals surface area (Å²) >= 11 is 0. The third kappa shape index (κ3) is 2.81. The van der Waals surface area contributed by atoms with Gasteiger partial charge >= 0.3 is 5.69 Å². The molecule has 24 heavy (non-hydrogen) atoms. The first-order valence-electron chi connectivity index (χ1n) is 7.21. The molecule has 0 saturated heterocycles. The molecule has 0 bridgehead atoms. The van der Waals surface area contributed by atoms with Gasteiger partial charge in [0.25, 0.3) is 0 Å². The van der Waals surface area contributed by atoms with E-state index in [1.807, 2.05) is 13.0 Å². The highest BCUT2D eigenvalue weighted by atomic mass is 16.5. The summed E-state index contributed by atoms with van der Waals surface area (Å²) in [4.78, 5) is 12.2. The molecule has 0 aliphatic heterocycles. The number of allylic oxidation sites excluding steroid dienone is 1. The van der Waals surface area contributed by atoms with E-state index in [0.717, 1.165) is 15.8 Å². The molecule has 0 aliphatic rings. The molecular formula is C16H17N5O3. The largest absolute Gasteiger partial charge is 0.483 e. The maximum atomic E-state index is 12.2. The predicted octanol–water partition coefficient (Wildman–Crippen LogP) is 1.75. The average Bonchev–Trinajstić information content (AvgIpc) is 3.11. The summed E-state index contributed by atoms with van der Waals surface area (Å²) < 4.78 is 13.5. The molecule has 3 rings (SSSR count). The second-order valence-electron chi connectivity index (χ2n) is 5.37. The Morgan fingerprint density at radius 2 is 2.21 bits per heavy atom. The highest BCUT2D eigenvalue weighted by Crippen LogP contribution is 2.31. The van der Waals surface area contributed by atoms with Crippen LogP contribution in [0.5, 0.6) is 5.75 Å². The van der Waals surface area contributed by atoms with E-state index in [0.29, 0.717) is 22.9 Å². The number of nitrogens with zero attached hydrogens (tertiary/aromatic N) is 4. The van der Waals surface area contributed by atoms with Crippen molar-refractivity contribution in [3.8, 4) is 11.4 Å². The van der Waals surface area contributed by atoms with Gasteiger partial charge in [0.2, 0.25) is 0 Å². The molecule has 1 aromatic carbocycles. The summed E-state index contributed by atoms with van der Waals surface area (Å²) in [6, 6.07) is 7.07. The molecule has 0 spiro atoms. The van der Waals surface area contributed by atoms with Crippen LogP contribution in [0, 0.1) is 0 Å². The van der Waals surface area contributed by atoms with E-state index < -0.39 is 0 Å². The monoisotopic (exact) mass is 327 g/mol. The van der Waals surface area contributed by atoms with Crippen molar-refractivity contribution in [2.45, 2.75) is 13.5 Å². The van der Waals surface area contributed by atoms with Gasteiger partial charge in [0, 0.05) is 18.7 Å². The van der Waals surface area contributed by atoms with Gasteiger partial charge in [-0.05, 0) is 29.0 Å². The molecule has 0 saturated carbocycles. The van der Waals surface area contributed by atoms with E-state index in [1.54, 1.807) is 18.2 Å². The van der Waals surface area contributed by atoms with E-state index in [4.69, 9.17) is 14.9 Å². The van der Waals surface area contributed by atoms with Crippen LogP contribution < -0.4 is 16.2 Å². The van der Waals surface area contributed by atoms with Crippen molar-refractivity contribution in [1.82, 2.24) is 19.8 Å². The third-order valence-corrected chi connectivity index (χ3v) is 3.44. The first-order chi connectivity index (χ1) is 11.5. The van der Waals surface area contributed by atoms with Crippen LogP contribution in [0.15, 0.2) is 46.3 Å². The van der Waals surface area contributed by atoms with E-state index in [2.05, 4.69) is 17.0 Å². The molecule has 8 nitrogen and oxygen atoms in total. The lowest BCUT2D eigenvalue weighted by Gasteiger charge is -2.14. The fourth-order valence-electron chi connectivity index (χ4n) is 2.26. The molecule has 2 heterocycles. The standard InChI is InChI=1S/C16H17N5O3/c1-10(2)13-5-4-6-14(21-16(22)20(3)18-19-21)15(13)24-9-12-7-11(17)8-23-12/h4-8H,1,9,17H2,2-3H3. The molecule has 0 atom stereocenters. The lowest BCUT2D eigenvalue weighted by molar-refractivity contribution is 0.268. The fraction of sp³-hybridized carbons (Fsp3) is 0.188. The number of aryl methyl sites for hydroxylation is 1. The topological polar surface area (TPSA) is 101 Å². The van der Waals surface area contributed by atoms with Crippen molar-refractivity contribution in [2.24, 2.45) is 7.05 Å². The highest BCUT2D eigenvalue weighted by molar-refractivity contribution is 5.71. The number of nitrogen functional groups attached to an aromatic ring is 1. The zero-order chi connectivity index (χ0) is 17.3. The van der Waals surface area contributed by atoms with Gasteiger partial charge in [-0.2, -0.15) is 9.36 Å². The van der Waals surface area contributed by atoms with E-state index >= 15 is 0 Å². The van der Waals surface area contributed by atoms with Crippen molar-refractivity contribution in [3.63, 3.8) is 0 Å². The van der Waals surface area contributed by atoms with Gasteiger partial charge in [0.05, 0.1) is 5.69 Å². The Hall–Kier alpha value is -3.29. The molecule has 0 radical (unpaired) electrons. The van der Waals surface area contributed by atoms with Crippen LogP contribution in [0.4, 0.5) is 5.69 Å². The second-order valence-corrected chi connectivity index (χ2v) is 5.37. The summed E-state index contributed by atoms with van der Waals surface area (Å²) in [6.45, 7) is 5.97. The zero-order valence-corrected chi connectivity index (χ0v) is 13.4. The molecule has 0 unspecified atom stereocenters. The van der Waals surface area contributed by atoms with Gasteiger partial charge in [-0.3, -0.25) is 0 Å². The number of para-hydroxylation sites is 1. The molecule has 0 amide bonds. The summed E-state index contributed by atoms with van der Waals surface area (Å²) in [5.41, 5.74) is 7.83. The molecule has 3 aromatic rings. The van der Waals surface area contributed by atoms with Gasteiger partial charge in [-0.1, -0.05) is 18.7 Å². The van der Waals surface area contributed by atoms with Crippen molar-refractivity contribution in [2.75, 3.05) is 5.73 Å². The van der Waals surface area contributed by atoms with Crippen LogP contribution in [0.2, 0.25) is 0 Å². The van der Waals surface area contributed by atoms with Crippen molar-refractivity contribution in [1.29, 1.82) is 0 Å². The van der Waals surface area contributed by atoms with Gasteiger partial charge in [-0.25, -0.2) is 4.79 Å². The van der Waals surface area contributed by atoms with Crippen LogP contribution >= 0.6 is 0 Å². The molecule has 2 aromatic heterocycles.